The molecule has 2 atom stereocenters. The van der Waals surface area contributed by atoms with Crippen molar-refractivity contribution in [3.8, 4) is 5.75 Å². The highest BCUT2D eigenvalue weighted by Gasteiger charge is 2.49. The normalized spacial score (nSPS) is 25.6. The van der Waals surface area contributed by atoms with E-state index in [4.69, 9.17) is 9.57 Å². The Kier molecular flexibility index (Phi) is 5.65. The van der Waals surface area contributed by atoms with Crippen molar-refractivity contribution < 1.29 is 19.1 Å². The van der Waals surface area contributed by atoms with Gasteiger partial charge in [-0.1, -0.05) is 17.3 Å². The van der Waals surface area contributed by atoms with E-state index in [1.165, 1.54) is 12.1 Å². The summed E-state index contributed by atoms with van der Waals surface area (Å²) < 4.78 is 19.1. The summed E-state index contributed by atoms with van der Waals surface area (Å²) in [5.41, 5.74) is 4.53. The number of thioether (sulfide) groups is 1. The van der Waals surface area contributed by atoms with Crippen LogP contribution in [0.25, 0.3) is 6.08 Å². The number of oxime groups is 1. The van der Waals surface area contributed by atoms with Crippen LogP contribution in [-0.2, 0) is 10.6 Å². The van der Waals surface area contributed by atoms with Gasteiger partial charge in [0.25, 0.3) is 5.72 Å². The Bertz CT molecular complexity index is 1100. The first-order valence-electron chi connectivity index (χ1n) is 10.6. The third-order valence-corrected chi connectivity index (χ3v) is 6.91. The molecule has 0 bridgehead atoms. The summed E-state index contributed by atoms with van der Waals surface area (Å²) in [6.45, 7) is 0.398. The summed E-state index contributed by atoms with van der Waals surface area (Å²) in [7, 11) is 1.68. The molecule has 1 fully saturated rings. The van der Waals surface area contributed by atoms with Gasteiger partial charge in [0.2, 0.25) is 0 Å². The number of halogens is 1. The largest absolute Gasteiger partial charge is 0.496 e. The molecule has 32 heavy (non-hydrogen) atoms. The minimum Gasteiger partial charge on any atom is -0.496 e. The lowest BCUT2D eigenvalue weighted by molar-refractivity contribution is -0.137. The molecule has 0 spiro atoms. The van der Waals surface area contributed by atoms with Crippen LogP contribution in [-0.4, -0.2) is 47.4 Å². The summed E-state index contributed by atoms with van der Waals surface area (Å²) in [4.78, 5) is 12.3. The molecular weight excluding hydrogens is 429 g/mol. The molecule has 0 radical (unpaired) electrons. The molecule has 8 heteroatoms. The zero-order valence-electron chi connectivity index (χ0n) is 17.7. The molecule has 2 aromatic carbocycles. The van der Waals surface area contributed by atoms with Gasteiger partial charge in [-0.15, -0.1) is 11.8 Å². The standard InChI is InChI=1S/C24H24FN3O3S/c1-30-22-12-16(4-9-20(22)21-13-32-15-26-21)11-17-3-2-10-28-23(17)27-31-24(28,14-29)18-5-7-19(25)8-6-18/h4-9,11-12,15,21,29H,2-3,10,13-14H2,1H3/b17-11+. The number of ether oxygens (including phenoxy) is 1. The Hall–Kier alpha value is -2.84. The summed E-state index contributed by atoms with van der Waals surface area (Å²) in [6, 6.07) is 12.3. The molecule has 2 unspecified atom stereocenters. The first-order valence-corrected chi connectivity index (χ1v) is 11.6. The van der Waals surface area contributed by atoms with E-state index in [-0.39, 0.29) is 18.5 Å². The highest BCUT2D eigenvalue weighted by Crippen LogP contribution is 2.40. The second-order valence-electron chi connectivity index (χ2n) is 7.99. The molecule has 3 heterocycles. The number of hydrogen-bond acceptors (Lipinski definition) is 7. The van der Waals surface area contributed by atoms with E-state index >= 15 is 0 Å². The number of nitrogens with zero attached hydrogens (tertiary/aromatic N) is 3. The molecule has 0 aliphatic carbocycles. The zero-order chi connectivity index (χ0) is 22.1. The van der Waals surface area contributed by atoms with Crippen molar-refractivity contribution >= 4 is 29.2 Å². The van der Waals surface area contributed by atoms with E-state index in [9.17, 15) is 9.50 Å². The van der Waals surface area contributed by atoms with E-state index in [1.807, 2.05) is 16.5 Å². The first-order chi connectivity index (χ1) is 15.6. The smallest absolute Gasteiger partial charge is 0.260 e. The van der Waals surface area contributed by atoms with Crippen LogP contribution in [0.5, 0.6) is 5.75 Å². The topological polar surface area (TPSA) is 66.7 Å². The summed E-state index contributed by atoms with van der Waals surface area (Å²) >= 11 is 1.70. The van der Waals surface area contributed by atoms with Crippen LogP contribution in [0.15, 0.2) is 58.2 Å². The van der Waals surface area contributed by atoms with Crippen molar-refractivity contribution in [2.75, 3.05) is 26.0 Å². The van der Waals surface area contributed by atoms with Gasteiger partial charge >= 0.3 is 0 Å². The van der Waals surface area contributed by atoms with Gasteiger partial charge in [-0.2, -0.15) is 0 Å². The Morgan fingerprint density at radius 2 is 2.16 bits per heavy atom. The fourth-order valence-electron chi connectivity index (χ4n) is 4.47. The molecule has 0 aromatic heterocycles. The predicted octanol–water partition coefficient (Wildman–Crippen LogP) is 4.32. The number of piperidine rings is 1. The van der Waals surface area contributed by atoms with Crippen molar-refractivity contribution in [3.05, 3.63) is 70.5 Å². The lowest BCUT2D eigenvalue weighted by atomic mass is 9.94. The predicted molar refractivity (Wildman–Crippen MR) is 124 cm³/mol. The summed E-state index contributed by atoms with van der Waals surface area (Å²) in [5.74, 6) is 2.11. The van der Waals surface area contributed by atoms with E-state index in [0.29, 0.717) is 17.9 Å². The van der Waals surface area contributed by atoms with E-state index in [1.54, 1.807) is 31.0 Å². The fraction of sp³-hybridized carbons (Fsp3) is 0.333. The molecule has 2 aromatic rings. The SMILES string of the molecule is COc1cc(/C=C2\CCCN3C2=NOC3(CO)c2ccc(F)cc2)ccc1C1CSC=N1. The minimum absolute atomic E-state index is 0.121. The monoisotopic (exact) mass is 453 g/mol. The molecule has 1 saturated heterocycles. The van der Waals surface area contributed by atoms with E-state index in [0.717, 1.165) is 41.0 Å². The number of amidine groups is 1. The average Bonchev–Trinajstić information content (AvgIpc) is 3.49. The van der Waals surface area contributed by atoms with Gasteiger partial charge in [0.05, 0.1) is 18.7 Å². The maximum Gasteiger partial charge on any atom is 0.260 e. The molecular formula is C24H24FN3O3S. The van der Waals surface area contributed by atoms with Gasteiger partial charge in [-0.05, 0) is 60.4 Å². The minimum atomic E-state index is -1.14. The Morgan fingerprint density at radius 3 is 2.88 bits per heavy atom. The second-order valence-corrected chi connectivity index (χ2v) is 8.86. The van der Waals surface area contributed by atoms with Crippen LogP contribution in [0.4, 0.5) is 4.39 Å². The van der Waals surface area contributed by atoms with Gasteiger partial charge < -0.3 is 19.6 Å². The lowest BCUT2D eigenvalue weighted by Gasteiger charge is -2.38. The zero-order valence-corrected chi connectivity index (χ0v) is 18.5. The average molecular weight is 454 g/mol. The Labute approximate surface area is 190 Å². The third-order valence-electron chi connectivity index (χ3n) is 6.13. The van der Waals surface area contributed by atoms with Crippen LogP contribution in [0.3, 0.4) is 0 Å². The van der Waals surface area contributed by atoms with Gasteiger partial charge in [0.1, 0.15) is 18.2 Å². The Balaban J connectivity index is 1.45. The number of benzene rings is 2. The van der Waals surface area contributed by atoms with Crippen molar-refractivity contribution in [1.29, 1.82) is 0 Å². The maximum absolute atomic E-state index is 13.5. The molecule has 6 nitrogen and oxygen atoms in total. The molecule has 0 saturated carbocycles. The molecule has 3 aliphatic heterocycles. The molecule has 1 N–H and O–H groups in total. The van der Waals surface area contributed by atoms with Gasteiger partial charge in [-0.25, -0.2) is 4.39 Å². The number of fused-ring (bicyclic) bond motifs is 1. The highest BCUT2D eigenvalue weighted by atomic mass is 32.2. The van der Waals surface area contributed by atoms with Crippen LogP contribution in [0.1, 0.15) is 35.6 Å². The fourth-order valence-corrected chi connectivity index (χ4v) is 5.23. The molecule has 0 amide bonds. The number of aliphatic hydroxyl groups excluding tert-OH is 1. The number of aliphatic hydroxyl groups is 1. The number of methoxy groups -OCH3 is 1. The summed E-state index contributed by atoms with van der Waals surface area (Å²) in [5, 5.41) is 14.6. The highest BCUT2D eigenvalue weighted by molar-refractivity contribution is 8.12. The van der Waals surface area contributed by atoms with Crippen LogP contribution in [0.2, 0.25) is 0 Å². The van der Waals surface area contributed by atoms with Crippen molar-refractivity contribution in [1.82, 2.24) is 4.90 Å². The summed E-state index contributed by atoms with van der Waals surface area (Å²) in [6.07, 6.45) is 3.82. The number of hydrogen-bond donors (Lipinski definition) is 1. The van der Waals surface area contributed by atoms with Crippen LogP contribution in [0, 0.1) is 5.82 Å². The van der Waals surface area contributed by atoms with Gasteiger partial charge in [-0.3, -0.25) is 4.99 Å². The van der Waals surface area contributed by atoms with Crippen LogP contribution >= 0.6 is 11.8 Å². The van der Waals surface area contributed by atoms with Gasteiger partial charge in [0.15, 0.2) is 5.84 Å². The number of aliphatic imine (C=N–C) groups is 1. The molecule has 3 aliphatic rings. The van der Waals surface area contributed by atoms with Crippen molar-refractivity contribution in [2.24, 2.45) is 10.1 Å². The molecule has 166 valence electrons. The first kappa shape index (κ1) is 21.0. The van der Waals surface area contributed by atoms with Gasteiger partial charge in [0, 0.05) is 23.4 Å². The number of rotatable bonds is 5. The van der Waals surface area contributed by atoms with E-state index < -0.39 is 5.72 Å². The van der Waals surface area contributed by atoms with E-state index in [2.05, 4.69) is 28.4 Å². The Morgan fingerprint density at radius 1 is 1.31 bits per heavy atom. The molecule has 5 rings (SSSR count). The van der Waals surface area contributed by atoms with Crippen LogP contribution < -0.4 is 4.74 Å². The lowest BCUT2D eigenvalue weighted by Crippen LogP contribution is -2.51. The van der Waals surface area contributed by atoms with Crippen molar-refractivity contribution in [2.45, 2.75) is 24.6 Å². The van der Waals surface area contributed by atoms with Crippen molar-refractivity contribution in [3.63, 3.8) is 0 Å². The second kappa shape index (κ2) is 8.60. The third kappa shape index (κ3) is 3.57. The quantitative estimate of drug-likeness (QED) is 0.731. The maximum atomic E-state index is 13.5.